The van der Waals surface area contributed by atoms with Gasteiger partial charge in [-0.1, -0.05) is 30.3 Å². The molecule has 0 heterocycles. The van der Waals surface area contributed by atoms with Crippen LogP contribution in [0.1, 0.15) is 18.4 Å². The van der Waals surface area contributed by atoms with Gasteiger partial charge in [0.25, 0.3) is 0 Å². The lowest BCUT2D eigenvalue weighted by Gasteiger charge is -2.12. The van der Waals surface area contributed by atoms with Crippen LogP contribution in [0.3, 0.4) is 0 Å². The smallest absolute Gasteiger partial charge is 0.325 e. The summed E-state index contributed by atoms with van der Waals surface area (Å²) in [7, 11) is 0. The molecule has 2 rings (SSSR count). The maximum Gasteiger partial charge on any atom is 0.348 e. The summed E-state index contributed by atoms with van der Waals surface area (Å²) in [5.74, 6) is -0.829. The van der Waals surface area contributed by atoms with Crippen molar-refractivity contribution in [3.05, 3.63) is 74.3 Å². The molecule has 0 bridgehead atoms. The summed E-state index contributed by atoms with van der Waals surface area (Å²) >= 11 is 0. The van der Waals surface area contributed by atoms with Crippen molar-refractivity contribution in [3.63, 3.8) is 0 Å². The highest BCUT2D eigenvalue weighted by Gasteiger charge is 2.25. The van der Waals surface area contributed by atoms with Gasteiger partial charge in [-0.05, 0) is 18.6 Å². The maximum atomic E-state index is 12.2. The number of nitrogens with one attached hydrogen (secondary N) is 1. The lowest BCUT2D eigenvalue weighted by molar-refractivity contribution is -0.422. The van der Waals surface area contributed by atoms with Crippen LogP contribution in [-0.2, 0) is 4.79 Å². The van der Waals surface area contributed by atoms with Crippen molar-refractivity contribution in [1.29, 1.82) is 0 Å². The van der Waals surface area contributed by atoms with Crippen molar-refractivity contribution in [2.45, 2.75) is 12.8 Å². The van der Waals surface area contributed by atoms with E-state index in [9.17, 15) is 25.0 Å². The summed E-state index contributed by atoms with van der Waals surface area (Å²) in [6.45, 7) is 1.70. The van der Waals surface area contributed by atoms with E-state index in [2.05, 4.69) is 5.32 Å². The topological polar surface area (TPSA) is 115 Å². The number of hydrogen-bond donors (Lipinski definition) is 1. The van der Waals surface area contributed by atoms with Crippen molar-refractivity contribution in [2.75, 3.05) is 5.32 Å². The van der Waals surface area contributed by atoms with E-state index in [1.54, 1.807) is 31.2 Å². The molecule has 23 heavy (non-hydrogen) atoms. The maximum absolute atomic E-state index is 12.2. The Labute approximate surface area is 131 Å². The first kappa shape index (κ1) is 16.1. The zero-order valence-corrected chi connectivity index (χ0v) is 12.1. The number of amides is 1. The van der Waals surface area contributed by atoms with Crippen molar-refractivity contribution in [3.8, 4) is 0 Å². The van der Waals surface area contributed by atoms with Crippen molar-refractivity contribution in [2.24, 2.45) is 0 Å². The highest BCUT2D eigenvalue weighted by Crippen LogP contribution is 2.30. The number of nitrogens with zero attached hydrogens (tertiary/aromatic N) is 2. The molecule has 0 aromatic heterocycles. The fourth-order valence-corrected chi connectivity index (χ4v) is 2.05. The van der Waals surface area contributed by atoms with Crippen molar-refractivity contribution >= 4 is 23.0 Å². The molecule has 2 aromatic rings. The van der Waals surface area contributed by atoms with Gasteiger partial charge in [-0.25, -0.2) is 0 Å². The zero-order chi connectivity index (χ0) is 17.0. The Hall–Kier alpha value is -3.29. The Bertz CT molecular complexity index is 761. The first-order valence-electron chi connectivity index (χ1n) is 6.69. The normalized spacial score (nSPS) is 11.5. The lowest BCUT2D eigenvalue weighted by Crippen LogP contribution is -2.18. The molecule has 0 saturated carbocycles. The summed E-state index contributed by atoms with van der Waals surface area (Å²) in [4.78, 5) is 32.2. The van der Waals surface area contributed by atoms with Gasteiger partial charge >= 0.3 is 11.4 Å². The lowest BCUT2D eigenvalue weighted by atomic mass is 10.0. The third-order valence-corrected chi connectivity index (χ3v) is 3.33. The molecule has 0 aliphatic rings. The number of rotatable bonds is 5. The van der Waals surface area contributed by atoms with Crippen LogP contribution in [0.15, 0.2) is 48.5 Å². The molecule has 2 aromatic carbocycles. The van der Waals surface area contributed by atoms with Gasteiger partial charge in [0.05, 0.1) is 15.8 Å². The van der Waals surface area contributed by atoms with Crippen LogP contribution in [0.4, 0.5) is 17.1 Å². The summed E-state index contributed by atoms with van der Waals surface area (Å²) in [5.41, 5.74) is -0.360. The number of hydrogen-bond acceptors (Lipinski definition) is 5. The molecular formula is C15H13N3O5. The quantitative estimate of drug-likeness (QED) is 0.671. The molecule has 8 heteroatoms. The van der Waals surface area contributed by atoms with Gasteiger partial charge < -0.3 is 5.32 Å². The Kier molecular flexibility index (Phi) is 4.65. The molecule has 0 radical (unpaired) electrons. The minimum absolute atomic E-state index is 0.134. The molecule has 1 atom stereocenters. The second-order valence-corrected chi connectivity index (χ2v) is 4.84. The molecule has 0 aliphatic heterocycles. The SMILES string of the molecule is CC(C(=O)Nc1ccc([N+](=O)[O-])c([N+](=O)[O-])c1)c1ccccc1. The minimum Gasteiger partial charge on any atom is -0.325 e. The van der Waals surface area contributed by atoms with Crippen LogP contribution >= 0.6 is 0 Å². The summed E-state index contributed by atoms with van der Waals surface area (Å²) in [6.07, 6.45) is 0. The monoisotopic (exact) mass is 315 g/mol. The highest BCUT2D eigenvalue weighted by molar-refractivity contribution is 5.96. The van der Waals surface area contributed by atoms with Gasteiger partial charge in [-0.3, -0.25) is 25.0 Å². The van der Waals surface area contributed by atoms with Gasteiger partial charge in [0, 0.05) is 17.8 Å². The Morgan fingerprint density at radius 2 is 1.61 bits per heavy atom. The van der Waals surface area contributed by atoms with Crippen LogP contribution in [0.2, 0.25) is 0 Å². The zero-order valence-electron chi connectivity index (χ0n) is 12.1. The van der Waals surface area contributed by atoms with E-state index in [1.807, 2.05) is 6.07 Å². The van der Waals surface area contributed by atoms with E-state index in [-0.39, 0.29) is 11.6 Å². The van der Waals surface area contributed by atoms with Gasteiger partial charge in [0.1, 0.15) is 0 Å². The molecule has 1 amide bonds. The Morgan fingerprint density at radius 1 is 1.00 bits per heavy atom. The van der Waals surface area contributed by atoms with E-state index in [4.69, 9.17) is 0 Å². The summed E-state index contributed by atoms with van der Waals surface area (Å²) in [5, 5.41) is 24.2. The van der Waals surface area contributed by atoms with Gasteiger partial charge in [-0.2, -0.15) is 0 Å². The molecule has 0 aliphatic carbocycles. The van der Waals surface area contributed by atoms with Crippen molar-refractivity contribution < 1.29 is 14.6 Å². The van der Waals surface area contributed by atoms with Crippen LogP contribution in [-0.4, -0.2) is 15.8 Å². The first-order chi connectivity index (χ1) is 10.9. The summed E-state index contributed by atoms with van der Waals surface area (Å²) in [6, 6.07) is 12.3. The standard InChI is InChI=1S/C15H13N3O5/c1-10(11-5-3-2-4-6-11)15(19)16-12-7-8-13(17(20)21)14(9-12)18(22)23/h2-10H,1H3,(H,16,19). The third kappa shape index (κ3) is 3.67. The number of carbonyl (C=O) groups is 1. The first-order valence-corrected chi connectivity index (χ1v) is 6.69. The number of anilines is 1. The van der Waals surface area contributed by atoms with E-state index in [1.165, 1.54) is 6.07 Å². The number of nitro groups is 2. The molecule has 0 saturated heterocycles. The van der Waals surface area contributed by atoms with Gasteiger partial charge in [0.15, 0.2) is 0 Å². The second kappa shape index (κ2) is 6.65. The van der Waals surface area contributed by atoms with E-state index >= 15 is 0 Å². The number of carbonyl (C=O) groups excluding carboxylic acids is 1. The molecule has 8 nitrogen and oxygen atoms in total. The Morgan fingerprint density at radius 3 is 2.17 bits per heavy atom. The van der Waals surface area contributed by atoms with Crippen LogP contribution < -0.4 is 5.32 Å². The van der Waals surface area contributed by atoms with Crippen molar-refractivity contribution in [1.82, 2.24) is 0 Å². The Balaban J connectivity index is 2.23. The van der Waals surface area contributed by atoms with E-state index in [0.717, 1.165) is 17.7 Å². The molecule has 118 valence electrons. The van der Waals surface area contributed by atoms with Gasteiger partial charge in [-0.15, -0.1) is 0 Å². The van der Waals surface area contributed by atoms with E-state index < -0.39 is 27.1 Å². The molecule has 1 unspecified atom stereocenters. The summed E-state index contributed by atoms with van der Waals surface area (Å²) < 4.78 is 0. The molecule has 0 fully saturated rings. The minimum atomic E-state index is -0.853. The average Bonchev–Trinajstić information content (AvgIpc) is 2.54. The fraction of sp³-hybridized carbons (Fsp3) is 0.133. The molecule has 0 spiro atoms. The number of benzene rings is 2. The van der Waals surface area contributed by atoms with Gasteiger partial charge in [0.2, 0.25) is 5.91 Å². The fourth-order valence-electron chi connectivity index (χ4n) is 2.05. The molecule has 1 N–H and O–H groups in total. The van der Waals surface area contributed by atoms with E-state index in [0.29, 0.717) is 0 Å². The van der Waals surface area contributed by atoms with Crippen LogP contribution in [0.25, 0.3) is 0 Å². The largest absolute Gasteiger partial charge is 0.348 e. The third-order valence-electron chi connectivity index (χ3n) is 3.33. The predicted molar refractivity (Wildman–Crippen MR) is 83.2 cm³/mol. The highest BCUT2D eigenvalue weighted by atomic mass is 16.6. The van der Waals surface area contributed by atoms with Crippen LogP contribution in [0, 0.1) is 20.2 Å². The van der Waals surface area contributed by atoms with Crippen LogP contribution in [0.5, 0.6) is 0 Å². The second-order valence-electron chi connectivity index (χ2n) is 4.84. The number of nitro benzene ring substituents is 2. The average molecular weight is 315 g/mol. The predicted octanol–water partition coefficient (Wildman–Crippen LogP) is 3.25. The molecular weight excluding hydrogens is 302 g/mol.